The Bertz CT molecular complexity index is 543. The average molecular weight is 479 g/mol. The zero-order valence-corrected chi connectivity index (χ0v) is 19.4. The quantitative estimate of drug-likeness (QED) is 0.374. The van der Waals surface area contributed by atoms with Gasteiger partial charge in [-0.25, -0.2) is 4.98 Å². The molecule has 0 aliphatic carbocycles. The van der Waals surface area contributed by atoms with E-state index >= 15 is 0 Å². The minimum atomic E-state index is 0. The number of piperidine rings is 1. The van der Waals surface area contributed by atoms with Crippen molar-refractivity contribution in [1.82, 2.24) is 20.5 Å². The number of aryl methyl sites for hydroxylation is 1. The van der Waals surface area contributed by atoms with Crippen LogP contribution in [-0.4, -0.2) is 54.6 Å². The number of aliphatic imine (C=N–C) groups is 1. The van der Waals surface area contributed by atoms with Crippen LogP contribution in [0, 0.1) is 12.8 Å². The van der Waals surface area contributed by atoms with Gasteiger partial charge in [-0.05, 0) is 46.1 Å². The normalized spacial score (nSPS) is 19.4. The number of aromatic nitrogens is 1. The summed E-state index contributed by atoms with van der Waals surface area (Å²) in [5.41, 5.74) is 1.29. The van der Waals surface area contributed by atoms with E-state index in [1.165, 1.54) is 25.9 Å². The lowest BCUT2D eigenvalue weighted by Crippen LogP contribution is -2.56. The van der Waals surface area contributed by atoms with Crippen LogP contribution < -0.4 is 10.6 Å². The lowest BCUT2D eigenvalue weighted by Gasteiger charge is -2.43. The van der Waals surface area contributed by atoms with E-state index in [0.717, 1.165) is 42.1 Å². The monoisotopic (exact) mass is 479 g/mol. The maximum atomic E-state index is 4.50. The third-order valence-electron chi connectivity index (χ3n) is 4.77. The summed E-state index contributed by atoms with van der Waals surface area (Å²) in [6.45, 7) is 13.2. The van der Waals surface area contributed by atoms with Crippen LogP contribution in [0.25, 0.3) is 0 Å². The Kier molecular flexibility index (Phi) is 9.66. The Labute approximate surface area is 174 Å². The molecule has 5 nitrogen and oxygen atoms in total. The maximum Gasteiger partial charge on any atom is 0.191 e. The lowest BCUT2D eigenvalue weighted by molar-refractivity contribution is 0.0739. The number of nitrogens with one attached hydrogen (secondary N) is 2. The number of nitrogens with zero attached hydrogens (tertiary/aromatic N) is 3. The molecule has 2 rings (SSSR count). The second-order valence-corrected chi connectivity index (χ2v) is 8.53. The van der Waals surface area contributed by atoms with E-state index in [4.69, 9.17) is 0 Å². The fourth-order valence-corrected chi connectivity index (χ4v) is 3.85. The van der Waals surface area contributed by atoms with Gasteiger partial charge in [0, 0.05) is 44.0 Å². The molecule has 0 spiro atoms. The van der Waals surface area contributed by atoms with Crippen molar-refractivity contribution in [1.29, 1.82) is 0 Å². The van der Waals surface area contributed by atoms with Gasteiger partial charge >= 0.3 is 0 Å². The highest BCUT2D eigenvalue weighted by atomic mass is 127. The minimum Gasteiger partial charge on any atom is -0.356 e. The van der Waals surface area contributed by atoms with Crippen molar-refractivity contribution in [3.8, 4) is 0 Å². The average Bonchev–Trinajstić information content (AvgIpc) is 2.96. The molecule has 1 aromatic rings. The van der Waals surface area contributed by atoms with Gasteiger partial charge in [0.2, 0.25) is 0 Å². The Morgan fingerprint density at radius 3 is 2.80 bits per heavy atom. The van der Waals surface area contributed by atoms with E-state index in [0.29, 0.717) is 0 Å². The summed E-state index contributed by atoms with van der Waals surface area (Å²) in [7, 11) is 1.83. The van der Waals surface area contributed by atoms with E-state index in [2.05, 4.69) is 51.7 Å². The smallest absolute Gasteiger partial charge is 0.191 e. The summed E-state index contributed by atoms with van der Waals surface area (Å²) in [4.78, 5) is 11.5. The van der Waals surface area contributed by atoms with Crippen LogP contribution in [0.15, 0.2) is 10.4 Å². The molecule has 25 heavy (non-hydrogen) atoms. The summed E-state index contributed by atoms with van der Waals surface area (Å²) in [6.07, 6.45) is 3.60. The molecule has 0 bridgehead atoms. The number of hydrogen-bond donors (Lipinski definition) is 2. The predicted octanol–water partition coefficient (Wildman–Crippen LogP) is 3.29. The topological polar surface area (TPSA) is 52.6 Å². The van der Waals surface area contributed by atoms with Crippen LogP contribution in [-0.2, 0) is 6.42 Å². The first kappa shape index (κ1) is 22.6. The predicted molar refractivity (Wildman–Crippen MR) is 119 cm³/mol. The van der Waals surface area contributed by atoms with Crippen molar-refractivity contribution >= 4 is 41.3 Å². The summed E-state index contributed by atoms with van der Waals surface area (Å²) >= 11 is 1.71. The SMILES string of the molecule is CN=C(NCCc1csc(C)n1)NCC(C)(C)N1CCCC(C)C1.I. The molecule has 0 amide bonds. The third kappa shape index (κ3) is 7.38. The van der Waals surface area contributed by atoms with Gasteiger partial charge in [-0.1, -0.05) is 6.92 Å². The Hall–Kier alpha value is -0.410. The Morgan fingerprint density at radius 1 is 1.44 bits per heavy atom. The first-order chi connectivity index (χ1) is 11.4. The van der Waals surface area contributed by atoms with E-state index in [1.807, 2.05) is 14.0 Å². The second-order valence-electron chi connectivity index (χ2n) is 7.47. The molecule has 0 radical (unpaired) electrons. The van der Waals surface area contributed by atoms with Crippen molar-refractivity contribution in [2.75, 3.05) is 33.2 Å². The Balaban J connectivity index is 0.00000312. The summed E-state index contributed by atoms with van der Waals surface area (Å²) in [5, 5.41) is 10.2. The van der Waals surface area contributed by atoms with Gasteiger partial charge in [0.05, 0.1) is 10.7 Å². The summed E-state index contributed by atoms with van der Waals surface area (Å²) in [6, 6.07) is 0. The van der Waals surface area contributed by atoms with E-state index in [1.54, 1.807) is 11.3 Å². The van der Waals surface area contributed by atoms with Gasteiger partial charge < -0.3 is 10.6 Å². The molecule has 1 atom stereocenters. The number of thiazole rings is 1. The van der Waals surface area contributed by atoms with Crippen LogP contribution >= 0.6 is 35.3 Å². The van der Waals surface area contributed by atoms with Crippen LogP contribution in [0.2, 0.25) is 0 Å². The van der Waals surface area contributed by atoms with Gasteiger partial charge in [0.1, 0.15) is 0 Å². The van der Waals surface area contributed by atoms with Crippen LogP contribution in [0.4, 0.5) is 0 Å². The molecule has 1 saturated heterocycles. The number of likely N-dealkylation sites (tertiary alicyclic amines) is 1. The number of hydrogen-bond acceptors (Lipinski definition) is 4. The number of halogens is 1. The van der Waals surface area contributed by atoms with Crippen molar-refractivity contribution in [3.63, 3.8) is 0 Å². The fraction of sp³-hybridized carbons (Fsp3) is 0.778. The van der Waals surface area contributed by atoms with Crippen molar-refractivity contribution in [3.05, 3.63) is 16.1 Å². The molecular formula is C18H34IN5S. The minimum absolute atomic E-state index is 0. The second kappa shape index (κ2) is 10.7. The first-order valence-electron chi connectivity index (χ1n) is 9.01. The van der Waals surface area contributed by atoms with Crippen molar-refractivity contribution < 1.29 is 0 Å². The van der Waals surface area contributed by atoms with Gasteiger partial charge in [-0.2, -0.15) is 0 Å². The van der Waals surface area contributed by atoms with E-state index < -0.39 is 0 Å². The van der Waals surface area contributed by atoms with Crippen LogP contribution in [0.3, 0.4) is 0 Å². The van der Waals surface area contributed by atoms with Crippen molar-refractivity contribution in [2.45, 2.75) is 52.5 Å². The van der Waals surface area contributed by atoms with Crippen molar-refractivity contribution in [2.24, 2.45) is 10.9 Å². The molecule has 1 aliphatic rings. The van der Waals surface area contributed by atoms with E-state index in [9.17, 15) is 0 Å². The highest BCUT2D eigenvalue weighted by molar-refractivity contribution is 14.0. The molecule has 1 unspecified atom stereocenters. The van der Waals surface area contributed by atoms with Gasteiger partial charge in [0.15, 0.2) is 5.96 Å². The maximum absolute atomic E-state index is 4.50. The molecule has 2 heterocycles. The molecule has 1 aliphatic heterocycles. The summed E-state index contributed by atoms with van der Waals surface area (Å²) in [5.74, 6) is 1.68. The molecule has 144 valence electrons. The molecular weight excluding hydrogens is 445 g/mol. The zero-order valence-electron chi connectivity index (χ0n) is 16.3. The molecule has 0 saturated carbocycles. The van der Waals surface area contributed by atoms with Crippen LogP contribution in [0.1, 0.15) is 44.3 Å². The number of rotatable bonds is 6. The standard InChI is InChI=1S/C18H33N5S.HI/c1-14-7-6-10-23(11-14)18(3,4)13-21-17(19-5)20-9-8-16-12-24-15(2)22-16;/h12,14H,6-11,13H2,1-5H3,(H2,19,20,21);1H. The van der Waals surface area contributed by atoms with Gasteiger partial charge in [-0.15, -0.1) is 35.3 Å². The summed E-state index contributed by atoms with van der Waals surface area (Å²) < 4.78 is 0. The van der Waals surface area contributed by atoms with Gasteiger partial charge in [-0.3, -0.25) is 9.89 Å². The molecule has 1 aromatic heterocycles. The number of guanidine groups is 1. The molecule has 1 fully saturated rings. The first-order valence-corrected chi connectivity index (χ1v) is 9.89. The molecule has 2 N–H and O–H groups in total. The highest BCUT2D eigenvalue weighted by Gasteiger charge is 2.30. The fourth-order valence-electron chi connectivity index (χ4n) is 3.20. The largest absolute Gasteiger partial charge is 0.356 e. The lowest BCUT2D eigenvalue weighted by atomic mass is 9.93. The van der Waals surface area contributed by atoms with Gasteiger partial charge in [0.25, 0.3) is 0 Å². The third-order valence-corrected chi connectivity index (χ3v) is 5.59. The Morgan fingerprint density at radius 2 is 2.20 bits per heavy atom. The van der Waals surface area contributed by atoms with E-state index in [-0.39, 0.29) is 29.5 Å². The molecule has 7 heteroatoms. The zero-order chi connectivity index (χ0) is 17.6. The van der Waals surface area contributed by atoms with Crippen LogP contribution in [0.5, 0.6) is 0 Å². The molecule has 0 aromatic carbocycles. The highest BCUT2D eigenvalue weighted by Crippen LogP contribution is 2.23.